The summed E-state index contributed by atoms with van der Waals surface area (Å²) in [6.07, 6.45) is 4.01. The SMILES string of the molecule is COc1ccc(NC(=O)NCC(c2cccs2)N2CCC(C)CC2)cn1. The van der Waals surface area contributed by atoms with Gasteiger partial charge in [0, 0.05) is 17.5 Å². The zero-order chi connectivity index (χ0) is 18.4. The van der Waals surface area contributed by atoms with Gasteiger partial charge in [-0.25, -0.2) is 9.78 Å². The molecule has 2 aromatic rings. The Kier molecular flexibility index (Phi) is 6.46. The van der Waals surface area contributed by atoms with E-state index in [0.717, 1.165) is 19.0 Å². The molecule has 0 spiro atoms. The third-order valence-corrected chi connectivity index (χ3v) is 5.76. The monoisotopic (exact) mass is 374 g/mol. The number of nitrogens with one attached hydrogen (secondary N) is 2. The zero-order valence-corrected chi connectivity index (χ0v) is 16.1. The fourth-order valence-corrected chi connectivity index (χ4v) is 4.03. The minimum atomic E-state index is -0.219. The van der Waals surface area contributed by atoms with Crippen molar-refractivity contribution in [2.24, 2.45) is 5.92 Å². The molecule has 6 nitrogen and oxygen atoms in total. The number of piperidine rings is 1. The van der Waals surface area contributed by atoms with Gasteiger partial charge in [-0.3, -0.25) is 4.90 Å². The predicted molar refractivity (Wildman–Crippen MR) is 105 cm³/mol. The lowest BCUT2D eigenvalue weighted by atomic mass is 9.97. The van der Waals surface area contributed by atoms with Gasteiger partial charge in [-0.05, 0) is 49.4 Å². The average Bonchev–Trinajstić information content (AvgIpc) is 3.18. The molecule has 1 aliphatic heterocycles. The molecule has 2 amide bonds. The van der Waals surface area contributed by atoms with Gasteiger partial charge in [0.2, 0.25) is 5.88 Å². The maximum atomic E-state index is 12.3. The van der Waals surface area contributed by atoms with Crippen LogP contribution in [-0.2, 0) is 0 Å². The Morgan fingerprint density at radius 3 is 2.81 bits per heavy atom. The number of thiophene rings is 1. The molecule has 3 heterocycles. The lowest BCUT2D eigenvalue weighted by Gasteiger charge is -2.36. The fourth-order valence-electron chi connectivity index (χ4n) is 3.17. The molecule has 1 unspecified atom stereocenters. The Bertz CT molecular complexity index is 682. The van der Waals surface area contributed by atoms with E-state index in [1.54, 1.807) is 36.8 Å². The van der Waals surface area contributed by atoms with Crippen molar-refractivity contribution in [1.82, 2.24) is 15.2 Å². The van der Waals surface area contributed by atoms with Crippen LogP contribution in [0.2, 0.25) is 0 Å². The van der Waals surface area contributed by atoms with Crippen LogP contribution in [0, 0.1) is 5.92 Å². The number of carbonyl (C=O) groups is 1. The number of hydrogen-bond acceptors (Lipinski definition) is 5. The average molecular weight is 375 g/mol. The van der Waals surface area contributed by atoms with E-state index >= 15 is 0 Å². The van der Waals surface area contributed by atoms with Crippen molar-refractivity contribution in [2.45, 2.75) is 25.8 Å². The molecular formula is C19H26N4O2S. The molecule has 1 fully saturated rings. The first-order valence-corrected chi connectivity index (χ1v) is 9.86. The summed E-state index contributed by atoms with van der Waals surface area (Å²) in [5.41, 5.74) is 0.641. The third kappa shape index (κ3) is 4.95. The summed E-state index contributed by atoms with van der Waals surface area (Å²) in [7, 11) is 1.56. The van der Waals surface area contributed by atoms with E-state index in [0.29, 0.717) is 18.1 Å². The summed E-state index contributed by atoms with van der Waals surface area (Å²) < 4.78 is 5.03. The van der Waals surface area contributed by atoms with Crippen molar-refractivity contribution < 1.29 is 9.53 Å². The number of ether oxygens (including phenoxy) is 1. The Hall–Kier alpha value is -2.12. The van der Waals surface area contributed by atoms with E-state index < -0.39 is 0 Å². The van der Waals surface area contributed by atoms with Crippen molar-refractivity contribution in [3.05, 3.63) is 40.7 Å². The van der Waals surface area contributed by atoms with Crippen LogP contribution in [0.5, 0.6) is 5.88 Å². The summed E-state index contributed by atoms with van der Waals surface area (Å²) in [5.74, 6) is 1.31. The minimum absolute atomic E-state index is 0.219. The minimum Gasteiger partial charge on any atom is -0.481 e. The molecule has 3 rings (SSSR count). The molecule has 140 valence electrons. The van der Waals surface area contributed by atoms with E-state index in [4.69, 9.17) is 4.74 Å². The van der Waals surface area contributed by atoms with Gasteiger partial charge >= 0.3 is 6.03 Å². The second-order valence-electron chi connectivity index (χ2n) is 6.67. The Labute approximate surface area is 158 Å². The van der Waals surface area contributed by atoms with Crippen molar-refractivity contribution in [1.29, 1.82) is 0 Å². The summed E-state index contributed by atoms with van der Waals surface area (Å²) >= 11 is 1.75. The highest BCUT2D eigenvalue weighted by atomic mass is 32.1. The van der Waals surface area contributed by atoms with Gasteiger partial charge in [-0.15, -0.1) is 11.3 Å². The number of nitrogens with zero attached hydrogens (tertiary/aromatic N) is 2. The number of likely N-dealkylation sites (tertiary alicyclic amines) is 1. The first-order valence-electron chi connectivity index (χ1n) is 8.98. The first-order chi connectivity index (χ1) is 12.7. The van der Waals surface area contributed by atoms with E-state index in [1.807, 2.05) is 0 Å². The highest BCUT2D eigenvalue weighted by Crippen LogP contribution is 2.29. The Balaban J connectivity index is 1.57. The number of methoxy groups -OCH3 is 1. The van der Waals surface area contributed by atoms with Crippen LogP contribution in [0.1, 0.15) is 30.7 Å². The van der Waals surface area contributed by atoms with Gasteiger partial charge in [-0.2, -0.15) is 0 Å². The first kappa shape index (κ1) is 18.7. The predicted octanol–water partition coefficient (Wildman–Crippen LogP) is 3.75. The molecule has 0 bridgehead atoms. The van der Waals surface area contributed by atoms with Crippen LogP contribution < -0.4 is 15.4 Å². The van der Waals surface area contributed by atoms with Gasteiger partial charge in [0.25, 0.3) is 0 Å². The van der Waals surface area contributed by atoms with E-state index in [2.05, 4.69) is 45.0 Å². The summed E-state index contributed by atoms with van der Waals surface area (Å²) in [6, 6.07) is 7.72. The lowest BCUT2D eigenvalue weighted by molar-refractivity contribution is 0.138. The second kappa shape index (κ2) is 9.00. The van der Waals surface area contributed by atoms with Crippen molar-refractivity contribution >= 4 is 23.1 Å². The van der Waals surface area contributed by atoms with Crippen LogP contribution in [-0.4, -0.2) is 42.7 Å². The van der Waals surface area contributed by atoms with Crippen LogP contribution in [0.15, 0.2) is 35.8 Å². The molecule has 26 heavy (non-hydrogen) atoms. The fraction of sp³-hybridized carbons (Fsp3) is 0.474. The highest BCUT2D eigenvalue weighted by Gasteiger charge is 2.25. The highest BCUT2D eigenvalue weighted by molar-refractivity contribution is 7.10. The Morgan fingerprint density at radius 1 is 1.38 bits per heavy atom. The number of pyridine rings is 1. The number of hydrogen-bond donors (Lipinski definition) is 2. The molecule has 2 aromatic heterocycles. The molecular weight excluding hydrogens is 348 g/mol. The van der Waals surface area contributed by atoms with Crippen molar-refractivity contribution in [3.8, 4) is 5.88 Å². The molecule has 1 aliphatic rings. The molecule has 0 aliphatic carbocycles. The topological polar surface area (TPSA) is 66.5 Å². The smallest absolute Gasteiger partial charge is 0.319 e. The van der Waals surface area contributed by atoms with Crippen LogP contribution in [0.3, 0.4) is 0 Å². The van der Waals surface area contributed by atoms with E-state index in [1.165, 1.54) is 17.7 Å². The van der Waals surface area contributed by atoms with Gasteiger partial charge in [0.05, 0.1) is 25.0 Å². The summed E-state index contributed by atoms with van der Waals surface area (Å²) in [6.45, 7) is 5.06. The van der Waals surface area contributed by atoms with E-state index in [-0.39, 0.29) is 12.1 Å². The van der Waals surface area contributed by atoms with Crippen molar-refractivity contribution in [2.75, 3.05) is 32.1 Å². The van der Waals surface area contributed by atoms with Gasteiger partial charge in [0.15, 0.2) is 0 Å². The molecule has 0 saturated carbocycles. The molecule has 2 N–H and O–H groups in total. The van der Waals surface area contributed by atoms with Gasteiger partial charge in [-0.1, -0.05) is 13.0 Å². The largest absolute Gasteiger partial charge is 0.481 e. The quantitative estimate of drug-likeness (QED) is 0.808. The molecule has 0 radical (unpaired) electrons. The molecule has 1 saturated heterocycles. The summed E-state index contributed by atoms with van der Waals surface area (Å²) in [4.78, 5) is 20.2. The molecule has 7 heteroatoms. The van der Waals surface area contributed by atoms with Crippen molar-refractivity contribution in [3.63, 3.8) is 0 Å². The summed E-state index contributed by atoms with van der Waals surface area (Å²) in [5, 5.41) is 7.93. The number of rotatable bonds is 6. The molecule has 1 atom stereocenters. The van der Waals surface area contributed by atoms with Crippen LogP contribution in [0.25, 0.3) is 0 Å². The van der Waals surface area contributed by atoms with Crippen LogP contribution in [0.4, 0.5) is 10.5 Å². The standard InChI is InChI=1S/C19H26N4O2S/c1-14-7-9-23(10-8-14)16(17-4-3-11-26-17)13-21-19(24)22-15-5-6-18(25-2)20-12-15/h3-6,11-12,14,16H,7-10,13H2,1-2H3,(H2,21,22,24). The Morgan fingerprint density at radius 2 is 2.19 bits per heavy atom. The maximum absolute atomic E-state index is 12.3. The van der Waals surface area contributed by atoms with E-state index in [9.17, 15) is 4.79 Å². The normalized spacial score (nSPS) is 16.8. The number of aromatic nitrogens is 1. The van der Waals surface area contributed by atoms with Gasteiger partial charge in [0.1, 0.15) is 0 Å². The zero-order valence-electron chi connectivity index (χ0n) is 15.3. The van der Waals surface area contributed by atoms with Gasteiger partial charge < -0.3 is 15.4 Å². The third-order valence-electron chi connectivity index (χ3n) is 4.79. The number of amides is 2. The van der Waals surface area contributed by atoms with Crippen LogP contribution >= 0.6 is 11.3 Å². The lowest BCUT2D eigenvalue weighted by Crippen LogP contribution is -2.42. The maximum Gasteiger partial charge on any atom is 0.319 e. The molecule has 0 aromatic carbocycles. The number of anilines is 1. The second-order valence-corrected chi connectivity index (χ2v) is 7.65. The number of urea groups is 1. The number of carbonyl (C=O) groups excluding carboxylic acids is 1.